The highest BCUT2D eigenvalue weighted by Crippen LogP contribution is 2.21. The fourth-order valence-corrected chi connectivity index (χ4v) is 2.35. The fraction of sp³-hybridized carbons (Fsp3) is 0.176. The Labute approximate surface area is 122 Å². The summed E-state index contributed by atoms with van der Waals surface area (Å²) < 4.78 is 7.06. The van der Waals surface area contributed by atoms with Gasteiger partial charge >= 0.3 is 0 Å². The lowest BCUT2D eigenvalue weighted by Crippen LogP contribution is -2.20. The highest BCUT2D eigenvalue weighted by Gasteiger charge is 2.10. The lowest BCUT2D eigenvalue weighted by Gasteiger charge is -2.10. The van der Waals surface area contributed by atoms with Crippen LogP contribution in [0.3, 0.4) is 0 Å². The minimum absolute atomic E-state index is 0.0538. The molecule has 0 fully saturated rings. The number of hydrogen-bond donors (Lipinski definition) is 0. The molecule has 2 aromatic carbocycles. The van der Waals surface area contributed by atoms with E-state index in [9.17, 15) is 4.79 Å². The molecule has 0 bridgehead atoms. The zero-order valence-corrected chi connectivity index (χ0v) is 12.0. The predicted octanol–water partition coefficient (Wildman–Crippen LogP) is 3.00. The second-order valence-corrected chi connectivity index (χ2v) is 4.78. The number of benzene rings is 2. The Balaban J connectivity index is 2.26. The van der Waals surface area contributed by atoms with Crippen molar-refractivity contribution in [3.05, 3.63) is 58.9 Å². The van der Waals surface area contributed by atoms with E-state index in [0.717, 1.165) is 11.3 Å². The van der Waals surface area contributed by atoms with Crippen molar-refractivity contribution in [1.82, 2.24) is 9.55 Å². The van der Waals surface area contributed by atoms with Crippen LogP contribution in [-0.2, 0) is 7.05 Å². The van der Waals surface area contributed by atoms with E-state index in [0.29, 0.717) is 23.3 Å². The summed E-state index contributed by atoms with van der Waals surface area (Å²) in [4.78, 5) is 17.1. The van der Waals surface area contributed by atoms with Crippen molar-refractivity contribution in [3.8, 4) is 17.1 Å². The summed E-state index contributed by atoms with van der Waals surface area (Å²) in [5.41, 5.74) is 1.52. The maximum absolute atomic E-state index is 12.5. The Kier molecular flexibility index (Phi) is 3.44. The molecule has 1 aromatic heterocycles. The summed E-state index contributed by atoms with van der Waals surface area (Å²) in [7, 11) is 1.74. The molecule has 0 saturated carbocycles. The lowest BCUT2D eigenvalue weighted by atomic mass is 10.2. The summed E-state index contributed by atoms with van der Waals surface area (Å²) in [5.74, 6) is 1.38. The van der Waals surface area contributed by atoms with Crippen molar-refractivity contribution < 1.29 is 4.74 Å². The second-order valence-electron chi connectivity index (χ2n) is 4.78. The van der Waals surface area contributed by atoms with E-state index in [1.54, 1.807) is 23.7 Å². The van der Waals surface area contributed by atoms with E-state index < -0.39 is 0 Å². The summed E-state index contributed by atoms with van der Waals surface area (Å²) in [6.45, 7) is 2.51. The van der Waals surface area contributed by atoms with E-state index in [1.165, 1.54) is 0 Å². The first-order chi connectivity index (χ1) is 10.2. The van der Waals surface area contributed by atoms with Gasteiger partial charge < -0.3 is 4.74 Å². The molecule has 0 atom stereocenters. The third-order valence-electron chi connectivity index (χ3n) is 3.39. The number of fused-ring (bicyclic) bond motifs is 1. The molecule has 0 spiro atoms. The van der Waals surface area contributed by atoms with Crippen LogP contribution in [0.15, 0.2) is 53.3 Å². The molecule has 0 amide bonds. The van der Waals surface area contributed by atoms with Crippen LogP contribution in [0.4, 0.5) is 0 Å². The van der Waals surface area contributed by atoms with E-state index in [4.69, 9.17) is 4.74 Å². The smallest absolute Gasteiger partial charge is 0.261 e. The third-order valence-corrected chi connectivity index (χ3v) is 3.39. The molecule has 3 rings (SSSR count). The molecule has 0 aliphatic rings. The molecule has 0 N–H and O–H groups in total. The van der Waals surface area contributed by atoms with E-state index in [-0.39, 0.29) is 5.56 Å². The van der Waals surface area contributed by atoms with Gasteiger partial charge in [0, 0.05) is 18.7 Å². The molecule has 4 nitrogen and oxygen atoms in total. The van der Waals surface area contributed by atoms with Crippen LogP contribution < -0.4 is 10.3 Å². The first-order valence-corrected chi connectivity index (χ1v) is 6.89. The minimum Gasteiger partial charge on any atom is -0.494 e. The van der Waals surface area contributed by atoms with Crippen LogP contribution in [0.2, 0.25) is 0 Å². The van der Waals surface area contributed by atoms with Crippen LogP contribution in [0.1, 0.15) is 6.92 Å². The Bertz CT molecular complexity index is 839. The van der Waals surface area contributed by atoms with Crippen molar-refractivity contribution in [2.75, 3.05) is 6.61 Å². The van der Waals surface area contributed by atoms with Gasteiger partial charge in [-0.3, -0.25) is 9.36 Å². The largest absolute Gasteiger partial charge is 0.494 e. The van der Waals surface area contributed by atoms with E-state index in [2.05, 4.69) is 4.98 Å². The predicted molar refractivity (Wildman–Crippen MR) is 83.6 cm³/mol. The van der Waals surface area contributed by atoms with E-state index in [1.807, 2.05) is 43.3 Å². The molecule has 1 heterocycles. The average molecular weight is 280 g/mol. The summed E-state index contributed by atoms with van der Waals surface area (Å²) in [6.07, 6.45) is 0. The Morgan fingerprint density at radius 1 is 1.14 bits per heavy atom. The van der Waals surface area contributed by atoms with E-state index >= 15 is 0 Å². The number of rotatable bonds is 3. The Morgan fingerprint density at radius 2 is 1.90 bits per heavy atom. The van der Waals surface area contributed by atoms with Gasteiger partial charge in [-0.15, -0.1) is 0 Å². The number of nitrogens with zero attached hydrogens (tertiary/aromatic N) is 2. The Hall–Kier alpha value is -2.62. The molecular formula is C17H16N2O2. The highest BCUT2D eigenvalue weighted by atomic mass is 16.5. The number of hydrogen-bond acceptors (Lipinski definition) is 3. The summed E-state index contributed by atoms with van der Waals surface area (Å²) in [6, 6.07) is 15.1. The third kappa shape index (κ3) is 2.40. The van der Waals surface area contributed by atoms with Gasteiger partial charge in [-0.05, 0) is 19.1 Å². The molecule has 0 saturated heterocycles. The molecule has 21 heavy (non-hydrogen) atoms. The highest BCUT2D eigenvalue weighted by molar-refractivity contribution is 5.81. The van der Waals surface area contributed by atoms with Crippen LogP contribution in [0, 0.1) is 0 Å². The first kappa shape index (κ1) is 13.4. The average Bonchev–Trinajstić information content (AvgIpc) is 2.52. The normalized spacial score (nSPS) is 10.8. The number of ether oxygens (including phenoxy) is 1. The van der Waals surface area contributed by atoms with Crippen LogP contribution in [-0.4, -0.2) is 16.2 Å². The number of aromatic nitrogens is 2. The lowest BCUT2D eigenvalue weighted by molar-refractivity contribution is 0.340. The van der Waals surface area contributed by atoms with Gasteiger partial charge in [-0.2, -0.15) is 0 Å². The van der Waals surface area contributed by atoms with Gasteiger partial charge in [0.05, 0.1) is 17.5 Å². The standard InChI is InChI=1S/C17H16N2O2/c1-3-21-13-9-10-14-15(11-13)18-16(19(2)17(14)20)12-7-5-4-6-8-12/h4-11H,3H2,1-2H3. The van der Waals surface area contributed by atoms with Crippen molar-refractivity contribution >= 4 is 10.9 Å². The monoisotopic (exact) mass is 280 g/mol. The quantitative estimate of drug-likeness (QED) is 0.740. The maximum atomic E-state index is 12.5. The Morgan fingerprint density at radius 3 is 2.62 bits per heavy atom. The molecule has 0 unspecified atom stereocenters. The van der Waals surface area contributed by atoms with Crippen LogP contribution >= 0.6 is 0 Å². The second kappa shape index (κ2) is 5.40. The summed E-state index contributed by atoms with van der Waals surface area (Å²) in [5, 5.41) is 0.598. The molecular weight excluding hydrogens is 264 g/mol. The molecule has 0 aliphatic carbocycles. The van der Waals surface area contributed by atoms with Gasteiger partial charge in [0.25, 0.3) is 5.56 Å². The fourth-order valence-electron chi connectivity index (χ4n) is 2.35. The van der Waals surface area contributed by atoms with Crippen LogP contribution in [0.25, 0.3) is 22.3 Å². The van der Waals surface area contributed by atoms with Gasteiger partial charge in [0.1, 0.15) is 11.6 Å². The van der Waals surface area contributed by atoms with Crippen molar-refractivity contribution in [1.29, 1.82) is 0 Å². The van der Waals surface area contributed by atoms with Crippen LogP contribution in [0.5, 0.6) is 5.75 Å². The topological polar surface area (TPSA) is 44.1 Å². The first-order valence-electron chi connectivity index (χ1n) is 6.89. The van der Waals surface area contributed by atoms with Gasteiger partial charge in [0.2, 0.25) is 0 Å². The molecule has 3 aromatic rings. The zero-order valence-electron chi connectivity index (χ0n) is 12.0. The summed E-state index contributed by atoms with van der Waals surface area (Å²) >= 11 is 0. The SMILES string of the molecule is CCOc1ccc2c(=O)n(C)c(-c3ccccc3)nc2c1. The van der Waals surface area contributed by atoms with Gasteiger partial charge in [0.15, 0.2) is 0 Å². The zero-order chi connectivity index (χ0) is 14.8. The van der Waals surface area contributed by atoms with Crippen molar-refractivity contribution in [2.24, 2.45) is 7.05 Å². The molecule has 106 valence electrons. The maximum Gasteiger partial charge on any atom is 0.261 e. The molecule has 0 radical (unpaired) electrons. The van der Waals surface area contributed by atoms with Crippen molar-refractivity contribution in [3.63, 3.8) is 0 Å². The van der Waals surface area contributed by atoms with Gasteiger partial charge in [-0.1, -0.05) is 30.3 Å². The van der Waals surface area contributed by atoms with Gasteiger partial charge in [-0.25, -0.2) is 4.98 Å². The minimum atomic E-state index is -0.0538. The molecule has 4 heteroatoms. The molecule has 0 aliphatic heterocycles. The van der Waals surface area contributed by atoms with Crippen molar-refractivity contribution in [2.45, 2.75) is 6.92 Å².